The fourth-order valence-corrected chi connectivity index (χ4v) is 3.03. The van der Waals surface area contributed by atoms with E-state index in [-0.39, 0.29) is 23.6 Å². The molecule has 3 aromatic rings. The number of rotatable bonds is 6. The van der Waals surface area contributed by atoms with Crippen LogP contribution < -0.4 is 26.6 Å². The zero-order valence-electron chi connectivity index (χ0n) is 16.2. The first-order valence-corrected chi connectivity index (χ1v) is 9.10. The summed E-state index contributed by atoms with van der Waals surface area (Å²) >= 11 is 0. The number of nitrogen functional groups attached to an aromatic ring is 1. The number of carbonyl (C=O) groups is 1. The third-order valence-corrected chi connectivity index (χ3v) is 4.45. The summed E-state index contributed by atoms with van der Waals surface area (Å²) in [6.45, 7) is 2.36. The molecule has 0 unspecified atom stereocenters. The molecule has 0 bridgehead atoms. The summed E-state index contributed by atoms with van der Waals surface area (Å²) in [7, 11) is 1.43. The van der Waals surface area contributed by atoms with Gasteiger partial charge in [-0.3, -0.25) is 19.1 Å². The third kappa shape index (κ3) is 4.06. The number of aromatic amines is 1. The largest absolute Gasteiger partial charge is 0.493 e. The number of para-hydroxylation sites is 1. The second-order valence-electron chi connectivity index (χ2n) is 6.36. The number of benzene rings is 2. The predicted octanol–water partition coefficient (Wildman–Crippen LogP) is 1.84. The molecule has 0 aliphatic heterocycles. The van der Waals surface area contributed by atoms with Crippen molar-refractivity contribution in [1.29, 1.82) is 0 Å². The Labute approximate surface area is 167 Å². The van der Waals surface area contributed by atoms with Gasteiger partial charge < -0.3 is 15.4 Å². The number of nitrogens with two attached hydrogens (primary N) is 1. The van der Waals surface area contributed by atoms with Gasteiger partial charge in [0.25, 0.3) is 11.5 Å². The van der Waals surface area contributed by atoms with Crippen molar-refractivity contribution in [2.24, 2.45) is 0 Å². The highest BCUT2D eigenvalue weighted by Crippen LogP contribution is 2.23. The van der Waals surface area contributed by atoms with E-state index >= 15 is 0 Å². The number of nitrogens with zero attached hydrogens (tertiary/aromatic N) is 2. The van der Waals surface area contributed by atoms with Crippen molar-refractivity contribution in [2.45, 2.75) is 13.5 Å². The molecular formula is C21H22N4O4. The third-order valence-electron chi connectivity index (χ3n) is 4.45. The number of hydrogen-bond acceptors (Lipinski definition) is 5. The topological polar surface area (TPSA) is 110 Å². The molecule has 2 aromatic carbocycles. The Morgan fingerprint density at radius 1 is 1.10 bits per heavy atom. The molecule has 0 fully saturated rings. The van der Waals surface area contributed by atoms with Crippen molar-refractivity contribution in [3.05, 3.63) is 86.6 Å². The molecule has 1 heterocycles. The van der Waals surface area contributed by atoms with Gasteiger partial charge in [-0.25, -0.2) is 4.79 Å². The van der Waals surface area contributed by atoms with Crippen molar-refractivity contribution in [3.8, 4) is 5.75 Å². The Kier molecular flexibility index (Phi) is 5.82. The molecule has 0 aliphatic rings. The monoisotopic (exact) mass is 394 g/mol. The van der Waals surface area contributed by atoms with Crippen LogP contribution >= 0.6 is 0 Å². The van der Waals surface area contributed by atoms with Gasteiger partial charge in [-0.1, -0.05) is 42.5 Å². The zero-order valence-corrected chi connectivity index (χ0v) is 16.2. The van der Waals surface area contributed by atoms with Crippen LogP contribution in [0.15, 0.2) is 64.2 Å². The van der Waals surface area contributed by atoms with Crippen LogP contribution in [-0.4, -0.2) is 29.1 Å². The van der Waals surface area contributed by atoms with Crippen molar-refractivity contribution in [3.63, 3.8) is 0 Å². The van der Waals surface area contributed by atoms with E-state index in [4.69, 9.17) is 10.5 Å². The number of ether oxygens (including phenoxy) is 1. The summed E-state index contributed by atoms with van der Waals surface area (Å²) in [6.07, 6.45) is 0. The van der Waals surface area contributed by atoms with Crippen molar-refractivity contribution < 1.29 is 9.53 Å². The van der Waals surface area contributed by atoms with Gasteiger partial charge in [0.2, 0.25) is 0 Å². The number of anilines is 2. The second-order valence-corrected chi connectivity index (χ2v) is 6.36. The molecule has 0 spiro atoms. The standard InChI is InChI=1S/C21H22N4O4/c1-3-29-16-12-8-7-11-15(16)20(27)24(2)17-18(22)25(21(28)23-19(17)26)13-14-9-5-4-6-10-14/h4-12H,3,13,22H2,1-2H3,(H,23,26,28). The summed E-state index contributed by atoms with van der Waals surface area (Å²) < 4.78 is 6.73. The highest BCUT2D eigenvalue weighted by molar-refractivity contribution is 6.08. The maximum Gasteiger partial charge on any atom is 0.330 e. The van der Waals surface area contributed by atoms with Gasteiger partial charge >= 0.3 is 5.69 Å². The summed E-state index contributed by atoms with van der Waals surface area (Å²) in [6, 6.07) is 15.9. The molecule has 0 saturated carbocycles. The number of hydrogen-bond donors (Lipinski definition) is 2. The fourth-order valence-electron chi connectivity index (χ4n) is 3.03. The van der Waals surface area contributed by atoms with Crippen LogP contribution in [0.3, 0.4) is 0 Å². The zero-order chi connectivity index (χ0) is 21.0. The normalized spacial score (nSPS) is 10.6. The van der Waals surface area contributed by atoms with Crippen LogP contribution in [0.1, 0.15) is 22.8 Å². The van der Waals surface area contributed by atoms with Gasteiger partial charge in [0.15, 0.2) is 5.69 Å². The highest BCUT2D eigenvalue weighted by atomic mass is 16.5. The lowest BCUT2D eigenvalue weighted by Gasteiger charge is -2.21. The molecule has 150 valence electrons. The number of carbonyl (C=O) groups excluding carboxylic acids is 1. The van der Waals surface area contributed by atoms with Gasteiger partial charge in [-0.2, -0.15) is 0 Å². The molecular weight excluding hydrogens is 372 g/mol. The summed E-state index contributed by atoms with van der Waals surface area (Å²) in [5, 5.41) is 0. The van der Waals surface area contributed by atoms with E-state index in [1.807, 2.05) is 37.3 Å². The Morgan fingerprint density at radius 3 is 2.45 bits per heavy atom. The lowest BCUT2D eigenvalue weighted by molar-refractivity contribution is 0.0989. The molecule has 0 atom stereocenters. The molecule has 3 rings (SSSR count). The number of H-pyrrole nitrogens is 1. The SMILES string of the molecule is CCOc1ccccc1C(=O)N(C)c1c(N)n(Cc2ccccc2)c(=O)[nH]c1=O. The molecule has 8 nitrogen and oxygen atoms in total. The Bertz CT molecular complexity index is 1140. The number of amides is 1. The van der Waals surface area contributed by atoms with Crippen LogP contribution in [0, 0.1) is 0 Å². The summed E-state index contributed by atoms with van der Waals surface area (Å²) in [4.78, 5) is 41.2. The van der Waals surface area contributed by atoms with E-state index in [2.05, 4.69) is 4.98 Å². The van der Waals surface area contributed by atoms with E-state index < -0.39 is 17.2 Å². The smallest absolute Gasteiger partial charge is 0.330 e. The molecule has 8 heteroatoms. The lowest BCUT2D eigenvalue weighted by Crippen LogP contribution is -2.39. The summed E-state index contributed by atoms with van der Waals surface area (Å²) in [5.74, 6) is -0.164. The van der Waals surface area contributed by atoms with Gasteiger partial charge in [0, 0.05) is 7.05 Å². The molecule has 29 heavy (non-hydrogen) atoms. The van der Waals surface area contributed by atoms with E-state index in [0.29, 0.717) is 12.4 Å². The van der Waals surface area contributed by atoms with E-state index in [9.17, 15) is 14.4 Å². The van der Waals surface area contributed by atoms with E-state index in [1.165, 1.54) is 11.6 Å². The Morgan fingerprint density at radius 2 is 1.76 bits per heavy atom. The molecule has 0 saturated heterocycles. The van der Waals surface area contributed by atoms with Crippen molar-refractivity contribution in [1.82, 2.24) is 9.55 Å². The Balaban J connectivity index is 2.04. The minimum Gasteiger partial charge on any atom is -0.493 e. The molecule has 0 aliphatic carbocycles. The second kappa shape index (κ2) is 8.47. The van der Waals surface area contributed by atoms with Crippen LogP contribution in [0.5, 0.6) is 5.75 Å². The summed E-state index contributed by atoms with van der Waals surface area (Å²) in [5.41, 5.74) is 5.80. The molecule has 3 N–H and O–H groups in total. The first-order valence-electron chi connectivity index (χ1n) is 9.10. The predicted molar refractivity (Wildman–Crippen MR) is 112 cm³/mol. The maximum atomic E-state index is 13.0. The van der Waals surface area contributed by atoms with Crippen LogP contribution in [0.25, 0.3) is 0 Å². The van der Waals surface area contributed by atoms with Crippen LogP contribution in [0.2, 0.25) is 0 Å². The average molecular weight is 394 g/mol. The van der Waals surface area contributed by atoms with Crippen LogP contribution in [-0.2, 0) is 6.54 Å². The van der Waals surface area contributed by atoms with E-state index in [1.54, 1.807) is 24.3 Å². The maximum absolute atomic E-state index is 13.0. The van der Waals surface area contributed by atoms with Gasteiger partial charge in [0.05, 0.1) is 18.7 Å². The first-order chi connectivity index (χ1) is 13.9. The minimum absolute atomic E-state index is 0.0904. The van der Waals surface area contributed by atoms with Crippen molar-refractivity contribution >= 4 is 17.4 Å². The number of aromatic nitrogens is 2. The quantitative estimate of drug-likeness (QED) is 0.663. The Hall–Kier alpha value is -3.81. The van der Waals surface area contributed by atoms with Crippen LogP contribution in [0.4, 0.5) is 11.5 Å². The lowest BCUT2D eigenvalue weighted by atomic mass is 10.1. The average Bonchev–Trinajstić information content (AvgIpc) is 2.72. The fraction of sp³-hybridized carbons (Fsp3) is 0.190. The van der Waals surface area contributed by atoms with Crippen molar-refractivity contribution in [2.75, 3.05) is 24.3 Å². The molecule has 1 amide bonds. The highest BCUT2D eigenvalue weighted by Gasteiger charge is 2.24. The molecule has 0 radical (unpaired) electrons. The molecule has 1 aromatic heterocycles. The number of nitrogens with one attached hydrogen (secondary N) is 1. The van der Waals surface area contributed by atoms with E-state index in [0.717, 1.165) is 10.5 Å². The van der Waals surface area contributed by atoms with Gasteiger partial charge in [0.1, 0.15) is 11.6 Å². The van der Waals surface area contributed by atoms with Gasteiger partial charge in [-0.15, -0.1) is 0 Å². The first kappa shape index (κ1) is 19.9. The van der Waals surface area contributed by atoms with Gasteiger partial charge in [-0.05, 0) is 24.6 Å². The minimum atomic E-state index is -0.735.